The van der Waals surface area contributed by atoms with E-state index in [-0.39, 0.29) is 95.1 Å². The molecule has 2 rings (SSSR count). The molecule has 10 heteroatoms. The Hall–Kier alpha value is -1.42. The van der Waals surface area contributed by atoms with E-state index in [0.717, 1.165) is 0 Å². The molecule has 0 saturated carbocycles. The van der Waals surface area contributed by atoms with Crippen LogP contribution in [0.15, 0.2) is 48.5 Å². The number of nitrogens with zero attached hydrogens (tertiary/aromatic N) is 2. The quantitative estimate of drug-likeness (QED) is 0.395. The first-order valence-corrected chi connectivity index (χ1v) is 7.84. The van der Waals surface area contributed by atoms with E-state index in [0.29, 0.717) is 0 Å². The van der Waals surface area contributed by atoms with Crippen molar-refractivity contribution in [2.24, 2.45) is 0 Å². The van der Waals surface area contributed by atoms with Gasteiger partial charge in [-0.15, -0.1) is 0 Å². The number of para-hydroxylation sites is 4. The molecule has 2 aromatic rings. The molecule has 8 nitrogen and oxygen atoms in total. The number of hydrogen-bond donors (Lipinski definition) is 2. The van der Waals surface area contributed by atoms with E-state index >= 15 is 0 Å². The predicted octanol–water partition coefficient (Wildman–Crippen LogP) is -7.08. The number of anilines is 2. The third kappa shape index (κ3) is 7.90. The van der Waals surface area contributed by atoms with Crippen LogP contribution in [0.5, 0.6) is 11.5 Å². The number of phenols is 2. The molecule has 0 aliphatic heterocycles. The van der Waals surface area contributed by atoms with Crippen LogP contribution in [0.25, 0.3) is 0 Å². The van der Waals surface area contributed by atoms with Crippen molar-refractivity contribution in [1.29, 1.82) is 0 Å². The number of hydrogen-bond acceptors (Lipinski definition) is 8. The molecule has 0 bridgehead atoms. The standard InChI is InChI=1S/C18H20N2O6.2Na/c21-15-7-3-1-5-13(15)19(11-17(23)24)9-10-20(12-18(25)26)14-6-2-4-8-16(14)22;;/h1-8,21-22H,9-12H2,(H,23,24)(H,25,26);;/q;2*+1/p-2. The molecular formula is C18H18N2Na2O6. The van der Waals surface area contributed by atoms with Gasteiger partial charge in [-0.1, -0.05) is 24.3 Å². The SMILES string of the molecule is O=C([O-])CN(CCN(CC(=O)[O-])c1ccccc1O)c1ccccc1O.[Na+].[Na+]. The van der Waals surface area contributed by atoms with E-state index in [9.17, 15) is 30.0 Å². The van der Waals surface area contributed by atoms with Crippen molar-refractivity contribution in [2.45, 2.75) is 0 Å². The summed E-state index contributed by atoms with van der Waals surface area (Å²) in [5, 5.41) is 42.0. The zero-order chi connectivity index (χ0) is 19.1. The van der Waals surface area contributed by atoms with E-state index < -0.39 is 25.0 Å². The van der Waals surface area contributed by atoms with Crippen molar-refractivity contribution < 1.29 is 89.1 Å². The summed E-state index contributed by atoms with van der Waals surface area (Å²) < 4.78 is 0. The summed E-state index contributed by atoms with van der Waals surface area (Å²) in [4.78, 5) is 24.8. The van der Waals surface area contributed by atoms with Crippen LogP contribution in [0.4, 0.5) is 11.4 Å². The molecule has 0 radical (unpaired) electrons. The van der Waals surface area contributed by atoms with Gasteiger partial charge in [-0.25, -0.2) is 0 Å². The third-order valence-corrected chi connectivity index (χ3v) is 3.72. The molecule has 0 fully saturated rings. The summed E-state index contributed by atoms with van der Waals surface area (Å²) >= 11 is 0. The van der Waals surface area contributed by atoms with E-state index in [1.807, 2.05) is 0 Å². The van der Waals surface area contributed by atoms with Crippen LogP contribution in [0, 0.1) is 0 Å². The van der Waals surface area contributed by atoms with E-state index in [2.05, 4.69) is 0 Å². The number of carbonyl (C=O) groups is 2. The van der Waals surface area contributed by atoms with E-state index in [1.165, 1.54) is 21.9 Å². The zero-order valence-electron chi connectivity index (χ0n) is 15.9. The van der Waals surface area contributed by atoms with Gasteiger partial charge in [-0.05, 0) is 24.3 Å². The monoisotopic (exact) mass is 404 g/mol. The number of phenolic OH excluding ortho intramolecular Hbond substituents is 2. The van der Waals surface area contributed by atoms with Crippen LogP contribution in [0.2, 0.25) is 0 Å². The molecule has 28 heavy (non-hydrogen) atoms. The van der Waals surface area contributed by atoms with Crippen molar-refractivity contribution in [2.75, 3.05) is 36.0 Å². The topological polar surface area (TPSA) is 127 Å². The van der Waals surface area contributed by atoms with Crippen LogP contribution < -0.4 is 79.1 Å². The number of carboxylic acids is 2. The third-order valence-electron chi connectivity index (χ3n) is 3.72. The maximum atomic E-state index is 11.0. The molecule has 0 amide bonds. The number of aromatic hydroxyl groups is 2. The van der Waals surface area contributed by atoms with E-state index in [4.69, 9.17) is 0 Å². The van der Waals surface area contributed by atoms with Gasteiger partial charge in [0.15, 0.2) is 0 Å². The van der Waals surface area contributed by atoms with Gasteiger partial charge >= 0.3 is 59.1 Å². The van der Waals surface area contributed by atoms with Crippen molar-refractivity contribution in [1.82, 2.24) is 0 Å². The van der Waals surface area contributed by atoms with Gasteiger partial charge in [0.2, 0.25) is 0 Å². The van der Waals surface area contributed by atoms with Gasteiger partial charge in [-0.3, -0.25) is 0 Å². The number of benzene rings is 2. The van der Waals surface area contributed by atoms with Crippen LogP contribution in [0.3, 0.4) is 0 Å². The summed E-state index contributed by atoms with van der Waals surface area (Å²) in [6.45, 7) is -0.852. The van der Waals surface area contributed by atoms with Gasteiger partial charge in [0.25, 0.3) is 0 Å². The normalized spacial score (nSPS) is 9.57. The second kappa shape index (κ2) is 12.9. The second-order valence-electron chi connectivity index (χ2n) is 5.56. The molecule has 138 valence electrons. The van der Waals surface area contributed by atoms with Crippen LogP contribution in [-0.4, -0.2) is 48.3 Å². The Morgan fingerprint density at radius 2 is 1.04 bits per heavy atom. The van der Waals surface area contributed by atoms with E-state index in [1.54, 1.807) is 36.4 Å². The molecule has 0 atom stereocenters. The maximum Gasteiger partial charge on any atom is 1.00 e. The average molecular weight is 404 g/mol. The zero-order valence-corrected chi connectivity index (χ0v) is 19.9. The smallest absolute Gasteiger partial charge is 0.548 e. The van der Waals surface area contributed by atoms with Crippen LogP contribution >= 0.6 is 0 Å². The minimum absolute atomic E-state index is 0. The number of aliphatic carboxylic acids is 2. The summed E-state index contributed by atoms with van der Waals surface area (Å²) in [7, 11) is 0. The first-order chi connectivity index (χ1) is 12.4. The summed E-state index contributed by atoms with van der Waals surface area (Å²) in [5.74, 6) is -2.91. The number of carboxylic acid groups (broad SMARTS) is 2. The minimum Gasteiger partial charge on any atom is -0.548 e. The second-order valence-corrected chi connectivity index (χ2v) is 5.56. The maximum absolute atomic E-state index is 11.0. The Morgan fingerprint density at radius 1 is 0.714 bits per heavy atom. The van der Waals surface area contributed by atoms with Crippen LogP contribution in [0.1, 0.15) is 0 Å². The number of carbonyl (C=O) groups excluding carboxylic acids is 2. The molecule has 0 aliphatic carbocycles. The van der Waals surface area contributed by atoms with Gasteiger partial charge in [0.1, 0.15) is 11.5 Å². The minimum atomic E-state index is -1.35. The molecule has 0 aliphatic rings. The Morgan fingerprint density at radius 3 is 1.32 bits per heavy atom. The van der Waals surface area contributed by atoms with Gasteiger partial charge in [-0.2, -0.15) is 0 Å². The van der Waals surface area contributed by atoms with Crippen molar-refractivity contribution in [3.05, 3.63) is 48.5 Å². The van der Waals surface area contributed by atoms with Crippen LogP contribution in [-0.2, 0) is 9.59 Å². The Kier molecular flexibility index (Phi) is 12.3. The van der Waals surface area contributed by atoms with Crippen molar-refractivity contribution in [3.8, 4) is 11.5 Å². The molecule has 0 aromatic heterocycles. The Bertz CT molecular complexity index is 725. The molecule has 0 heterocycles. The fourth-order valence-electron chi connectivity index (χ4n) is 2.59. The van der Waals surface area contributed by atoms with Crippen molar-refractivity contribution >= 4 is 23.3 Å². The summed E-state index contributed by atoms with van der Waals surface area (Å²) in [5.41, 5.74) is 0.560. The van der Waals surface area contributed by atoms with Gasteiger partial charge in [0, 0.05) is 13.1 Å². The molecule has 0 spiro atoms. The van der Waals surface area contributed by atoms with Gasteiger partial charge < -0.3 is 39.8 Å². The number of rotatable bonds is 9. The fourth-order valence-corrected chi connectivity index (χ4v) is 2.59. The fraction of sp³-hybridized carbons (Fsp3) is 0.222. The summed E-state index contributed by atoms with van der Waals surface area (Å²) in [6.07, 6.45) is 0. The Balaban J connectivity index is 0.00000364. The first kappa shape index (κ1) is 26.6. The molecule has 0 unspecified atom stereocenters. The van der Waals surface area contributed by atoms with Crippen molar-refractivity contribution in [3.63, 3.8) is 0 Å². The largest absolute Gasteiger partial charge is 1.00 e. The predicted molar refractivity (Wildman–Crippen MR) is 90.7 cm³/mol. The first-order valence-electron chi connectivity index (χ1n) is 7.84. The average Bonchev–Trinajstić information content (AvgIpc) is 2.58. The molecular weight excluding hydrogens is 386 g/mol. The molecule has 2 N–H and O–H groups in total. The molecule has 0 saturated heterocycles. The Labute approximate surface area is 207 Å². The summed E-state index contributed by atoms with van der Waals surface area (Å²) in [6, 6.07) is 12.4. The van der Waals surface area contributed by atoms with Gasteiger partial charge in [0.05, 0.1) is 36.4 Å². The molecule has 2 aromatic carbocycles.